The first-order valence-electron chi connectivity index (χ1n) is 6.19. The molecule has 0 N–H and O–H groups in total. The molecule has 1 aromatic carbocycles. The maximum absolute atomic E-state index is 13.7. The van der Waals surface area contributed by atoms with Crippen molar-refractivity contribution < 1.29 is 9.13 Å². The lowest BCUT2D eigenvalue weighted by Crippen LogP contribution is -2.02. The van der Waals surface area contributed by atoms with Crippen LogP contribution < -0.4 is 4.74 Å². The third-order valence-corrected chi connectivity index (χ3v) is 3.74. The highest BCUT2D eigenvalue weighted by Crippen LogP contribution is 2.37. The van der Waals surface area contributed by atoms with E-state index in [0.717, 1.165) is 12.8 Å². The first kappa shape index (κ1) is 10.1. The summed E-state index contributed by atoms with van der Waals surface area (Å²) in [6, 6.07) is 3.59. The lowest BCUT2D eigenvalue weighted by molar-refractivity contribution is 0.285. The molecule has 1 fully saturated rings. The topological polar surface area (TPSA) is 9.23 Å². The highest BCUT2D eigenvalue weighted by molar-refractivity contribution is 5.41. The van der Waals surface area contributed by atoms with Gasteiger partial charge in [-0.1, -0.05) is 6.92 Å². The van der Waals surface area contributed by atoms with Crippen LogP contribution in [0.5, 0.6) is 5.75 Å². The highest BCUT2D eigenvalue weighted by atomic mass is 19.1. The molecule has 16 heavy (non-hydrogen) atoms. The van der Waals surface area contributed by atoms with Crippen LogP contribution in [0.3, 0.4) is 0 Å². The van der Waals surface area contributed by atoms with Gasteiger partial charge < -0.3 is 4.74 Å². The summed E-state index contributed by atoms with van der Waals surface area (Å²) < 4.78 is 19.3. The molecule has 0 amide bonds. The second kappa shape index (κ2) is 3.76. The van der Waals surface area contributed by atoms with Gasteiger partial charge in [-0.2, -0.15) is 0 Å². The maximum Gasteiger partial charge on any atom is 0.165 e. The Balaban J connectivity index is 1.83. The van der Waals surface area contributed by atoms with Gasteiger partial charge in [0.15, 0.2) is 11.6 Å². The Hall–Kier alpha value is -1.05. The van der Waals surface area contributed by atoms with Gasteiger partial charge in [0.05, 0.1) is 6.61 Å². The average molecular weight is 220 g/mol. The first-order valence-corrected chi connectivity index (χ1v) is 6.19. The molecule has 0 aliphatic heterocycles. The van der Waals surface area contributed by atoms with E-state index >= 15 is 0 Å². The Labute approximate surface area is 95.6 Å². The lowest BCUT2D eigenvalue weighted by Gasteiger charge is -2.10. The summed E-state index contributed by atoms with van der Waals surface area (Å²) in [4.78, 5) is 0. The number of hydrogen-bond donors (Lipinski definition) is 0. The zero-order valence-electron chi connectivity index (χ0n) is 9.63. The lowest BCUT2D eigenvalue weighted by atomic mass is 10.0. The number of rotatable bonds is 3. The molecule has 0 unspecified atom stereocenters. The van der Waals surface area contributed by atoms with Crippen LogP contribution in [0.1, 0.15) is 43.2 Å². The average Bonchev–Trinajstić information content (AvgIpc) is 3.02. The molecule has 0 radical (unpaired) electrons. The van der Waals surface area contributed by atoms with Crippen molar-refractivity contribution in [3.8, 4) is 5.75 Å². The van der Waals surface area contributed by atoms with E-state index in [1.165, 1.54) is 24.0 Å². The molecule has 2 aliphatic rings. The predicted molar refractivity (Wildman–Crippen MR) is 61.4 cm³/mol. The summed E-state index contributed by atoms with van der Waals surface area (Å²) in [6.07, 6.45) is 4.63. The van der Waals surface area contributed by atoms with Gasteiger partial charge in [0, 0.05) is 0 Å². The monoisotopic (exact) mass is 220 g/mol. The van der Waals surface area contributed by atoms with E-state index in [-0.39, 0.29) is 5.82 Å². The fraction of sp³-hybridized carbons (Fsp3) is 0.571. The van der Waals surface area contributed by atoms with Crippen molar-refractivity contribution in [1.29, 1.82) is 0 Å². The van der Waals surface area contributed by atoms with Gasteiger partial charge in [-0.15, -0.1) is 0 Å². The number of aryl methyl sites for hydroxylation is 1. The molecule has 1 saturated carbocycles. The molecular weight excluding hydrogens is 203 g/mol. The number of benzene rings is 1. The summed E-state index contributed by atoms with van der Waals surface area (Å²) in [5.41, 5.74) is 2.45. The van der Waals surface area contributed by atoms with Gasteiger partial charge >= 0.3 is 0 Å². The van der Waals surface area contributed by atoms with E-state index in [9.17, 15) is 4.39 Å². The van der Waals surface area contributed by atoms with Gasteiger partial charge in [0.2, 0.25) is 0 Å². The van der Waals surface area contributed by atoms with Crippen LogP contribution in [0.25, 0.3) is 0 Å². The zero-order valence-corrected chi connectivity index (χ0v) is 9.63. The van der Waals surface area contributed by atoms with Crippen molar-refractivity contribution in [2.45, 2.75) is 38.5 Å². The smallest absolute Gasteiger partial charge is 0.165 e. The van der Waals surface area contributed by atoms with Crippen molar-refractivity contribution >= 4 is 0 Å². The van der Waals surface area contributed by atoms with Gasteiger partial charge in [0.1, 0.15) is 0 Å². The van der Waals surface area contributed by atoms with E-state index in [1.54, 1.807) is 6.07 Å². The Bertz CT molecular complexity index is 409. The molecule has 0 bridgehead atoms. The molecule has 1 atom stereocenters. The van der Waals surface area contributed by atoms with E-state index in [2.05, 4.69) is 6.92 Å². The Morgan fingerprint density at radius 3 is 2.88 bits per heavy atom. The zero-order chi connectivity index (χ0) is 11.1. The molecule has 0 spiro atoms. The minimum absolute atomic E-state index is 0.187. The van der Waals surface area contributed by atoms with Crippen LogP contribution in [0.15, 0.2) is 12.1 Å². The molecule has 1 nitrogen and oxygen atoms in total. The number of fused-ring (bicyclic) bond motifs is 1. The van der Waals surface area contributed by atoms with Gasteiger partial charge in [-0.05, 0) is 60.8 Å². The Morgan fingerprint density at radius 2 is 2.12 bits per heavy atom. The molecule has 2 aliphatic carbocycles. The van der Waals surface area contributed by atoms with Crippen molar-refractivity contribution in [3.05, 3.63) is 29.1 Å². The highest BCUT2D eigenvalue weighted by Gasteiger charge is 2.24. The van der Waals surface area contributed by atoms with Crippen LogP contribution >= 0.6 is 0 Å². The summed E-state index contributed by atoms with van der Waals surface area (Å²) >= 11 is 0. The van der Waals surface area contributed by atoms with Crippen molar-refractivity contribution in [2.24, 2.45) is 5.92 Å². The summed E-state index contributed by atoms with van der Waals surface area (Å²) in [5, 5.41) is 0. The standard InChI is InChI=1S/C14H17FO/c1-9-2-5-11-6-13(15)14(7-12(9)11)16-8-10-3-4-10/h6-7,9-10H,2-5,8H2,1H3/t9-/m0/s1. The van der Waals surface area contributed by atoms with Crippen molar-refractivity contribution in [3.63, 3.8) is 0 Å². The van der Waals surface area contributed by atoms with Gasteiger partial charge in [-0.25, -0.2) is 4.39 Å². The Kier molecular flexibility index (Phi) is 2.38. The fourth-order valence-electron chi connectivity index (χ4n) is 2.42. The fourth-order valence-corrected chi connectivity index (χ4v) is 2.42. The quantitative estimate of drug-likeness (QED) is 0.755. The SMILES string of the molecule is C[C@H]1CCc2cc(F)c(OCC3CC3)cc21. The van der Waals surface area contributed by atoms with Gasteiger partial charge in [0.25, 0.3) is 0 Å². The minimum atomic E-state index is -0.187. The number of ether oxygens (including phenoxy) is 1. The number of hydrogen-bond acceptors (Lipinski definition) is 1. The van der Waals surface area contributed by atoms with Crippen LogP contribution in [0.2, 0.25) is 0 Å². The van der Waals surface area contributed by atoms with Gasteiger partial charge in [-0.3, -0.25) is 0 Å². The second-order valence-electron chi connectivity index (χ2n) is 5.18. The molecule has 0 aromatic heterocycles. The third kappa shape index (κ3) is 1.81. The maximum atomic E-state index is 13.7. The van der Waals surface area contributed by atoms with E-state index < -0.39 is 0 Å². The normalized spacial score (nSPS) is 23.2. The van der Waals surface area contributed by atoms with Crippen LogP contribution in [-0.4, -0.2) is 6.61 Å². The summed E-state index contributed by atoms with van der Waals surface area (Å²) in [5.74, 6) is 1.50. The summed E-state index contributed by atoms with van der Waals surface area (Å²) in [7, 11) is 0. The first-order chi connectivity index (χ1) is 7.74. The number of halogens is 1. The van der Waals surface area contributed by atoms with E-state index in [4.69, 9.17) is 4.74 Å². The van der Waals surface area contributed by atoms with Crippen LogP contribution in [0.4, 0.5) is 4.39 Å². The molecule has 0 heterocycles. The van der Waals surface area contributed by atoms with Crippen molar-refractivity contribution in [1.82, 2.24) is 0 Å². The predicted octanol–water partition coefficient (Wildman–Crippen LogP) is 3.66. The van der Waals surface area contributed by atoms with E-state index in [0.29, 0.717) is 24.2 Å². The molecular formula is C14H17FO. The second-order valence-corrected chi connectivity index (χ2v) is 5.18. The molecule has 1 aromatic rings. The Morgan fingerprint density at radius 1 is 1.31 bits per heavy atom. The van der Waals surface area contributed by atoms with Crippen LogP contribution in [0, 0.1) is 11.7 Å². The minimum Gasteiger partial charge on any atom is -0.490 e. The molecule has 2 heteroatoms. The largest absolute Gasteiger partial charge is 0.490 e. The van der Waals surface area contributed by atoms with Crippen LogP contribution in [-0.2, 0) is 6.42 Å². The molecule has 3 rings (SSSR count). The third-order valence-electron chi connectivity index (χ3n) is 3.74. The molecule has 0 saturated heterocycles. The van der Waals surface area contributed by atoms with E-state index in [1.807, 2.05) is 6.07 Å². The van der Waals surface area contributed by atoms with Crippen molar-refractivity contribution in [2.75, 3.05) is 6.61 Å². The summed E-state index contributed by atoms with van der Waals surface area (Å²) in [6.45, 7) is 2.89. The molecule has 86 valence electrons.